The Morgan fingerprint density at radius 2 is 1.85 bits per heavy atom. The Labute approximate surface area is 116 Å². The van der Waals surface area contributed by atoms with Gasteiger partial charge in [-0.05, 0) is 24.3 Å². The number of methoxy groups -OCH3 is 1. The Morgan fingerprint density at radius 3 is 2.65 bits per heavy atom. The lowest BCUT2D eigenvalue weighted by Gasteiger charge is -2.16. The lowest BCUT2D eigenvalue weighted by Crippen LogP contribution is -2.25. The number of amidine groups is 1. The largest absolute Gasteiger partial charge is 0.497 e. The second-order valence-corrected chi connectivity index (χ2v) is 4.20. The van der Waals surface area contributed by atoms with E-state index in [4.69, 9.17) is 9.47 Å². The van der Waals surface area contributed by atoms with E-state index in [0.717, 1.165) is 28.8 Å². The third-order valence-electron chi connectivity index (χ3n) is 2.89. The highest BCUT2D eigenvalue weighted by Crippen LogP contribution is 2.18. The van der Waals surface area contributed by atoms with Gasteiger partial charge in [0.25, 0.3) is 0 Å². The van der Waals surface area contributed by atoms with E-state index in [-0.39, 0.29) is 0 Å². The van der Waals surface area contributed by atoms with Crippen molar-refractivity contribution in [2.45, 2.75) is 6.54 Å². The van der Waals surface area contributed by atoms with Crippen LogP contribution >= 0.6 is 0 Å². The molecule has 0 aliphatic carbocycles. The number of ether oxygens (including phenoxy) is 2. The van der Waals surface area contributed by atoms with Crippen molar-refractivity contribution in [1.29, 1.82) is 0 Å². The molecule has 0 spiro atoms. The Kier molecular flexibility index (Phi) is 3.45. The van der Waals surface area contributed by atoms with Gasteiger partial charge >= 0.3 is 0 Å². The lowest BCUT2D eigenvalue weighted by atomic mass is 10.3. The van der Waals surface area contributed by atoms with Crippen molar-refractivity contribution in [2.75, 3.05) is 19.0 Å². The van der Waals surface area contributed by atoms with E-state index in [0.29, 0.717) is 13.2 Å². The summed E-state index contributed by atoms with van der Waals surface area (Å²) in [6, 6.07) is 7.42. The molecule has 102 valence electrons. The predicted molar refractivity (Wildman–Crippen MR) is 75.3 cm³/mol. The van der Waals surface area contributed by atoms with Crippen LogP contribution in [0.5, 0.6) is 11.5 Å². The summed E-state index contributed by atoms with van der Waals surface area (Å²) >= 11 is 0. The van der Waals surface area contributed by atoms with Gasteiger partial charge in [-0.3, -0.25) is 9.98 Å². The van der Waals surface area contributed by atoms with Gasteiger partial charge in [0.05, 0.1) is 13.7 Å². The van der Waals surface area contributed by atoms with Crippen LogP contribution in [-0.2, 0) is 6.54 Å². The maximum atomic E-state index is 5.66. The maximum Gasteiger partial charge on any atom is 0.155 e. The van der Waals surface area contributed by atoms with Gasteiger partial charge in [0.1, 0.15) is 29.6 Å². The highest BCUT2D eigenvalue weighted by molar-refractivity contribution is 5.97. The number of nitrogens with one attached hydrogen (secondary N) is 1. The Balaban J connectivity index is 1.60. The molecular weight excluding hydrogens is 256 g/mol. The molecule has 6 nitrogen and oxygen atoms in total. The molecule has 0 fully saturated rings. The quantitative estimate of drug-likeness (QED) is 0.918. The molecular formula is C14H14N4O2. The molecule has 0 saturated carbocycles. The smallest absolute Gasteiger partial charge is 0.155 e. The first-order chi connectivity index (χ1) is 9.85. The van der Waals surface area contributed by atoms with Crippen LogP contribution in [-0.4, -0.2) is 29.5 Å². The van der Waals surface area contributed by atoms with Crippen LogP contribution in [0.4, 0.5) is 5.82 Å². The second-order valence-electron chi connectivity index (χ2n) is 4.20. The van der Waals surface area contributed by atoms with E-state index < -0.39 is 0 Å². The van der Waals surface area contributed by atoms with Gasteiger partial charge in [-0.25, -0.2) is 4.98 Å². The Morgan fingerprint density at radius 1 is 1.10 bits per heavy atom. The number of benzene rings is 1. The van der Waals surface area contributed by atoms with Crippen molar-refractivity contribution < 1.29 is 9.47 Å². The standard InChI is InChI=1S/C14H14N4O2/c1-19-10-2-4-11(5-3-10)20-9-13-17-8-12-14(18-13)16-7-6-15-12/h2-7H,8-9H2,1H3,(H,16,17,18). The molecule has 2 heterocycles. The monoisotopic (exact) mass is 270 g/mol. The molecule has 1 aliphatic rings. The zero-order valence-electron chi connectivity index (χ0n) is 11.0. The first kappa shape index (κ1) is 12.4. The number of aromatic nitrogens is 2. The number of nitrogens with zero attached hydrogens (tertiary/aromatic N) is 3. The molecule has 0 amide bonds. The first-order valence-electron chi connectivity index (χ1n) is 6.22. The van der Waals surface area contributed by atoms with Crippen molar-refractivity contribution in [3.8, 4) is 11.5 Å². The average Bonchev–Trinajstić information content (AvgIpc) is 2.53. The van der Waals surface area contributed by atoms with Crippen LogP contribution in [0.1, 0.15) is 5.69 Å². The van der Waals surface area contributed by atoms with E-state index in [2.05, 4.69) is 20.3 Å². The predicted octanol–water partition coefficient (Wildman–Crippen LogP) is 1.89. The molecule has 6 heteroatoms. The molecule has 0 saturated heterocycles. The number of hydrogen-bond donors (Lipinski definition) is 1. The number of rotatable bonds is 4. The van der Waals surface area contributed by atoms with Gasteiger partial charge in [-0.15, -0.1) is 0 Å². The molecule has 20 heavy (non-hydrogen) atoms. The van der Waals surface area contributed by atoms with Gasteiger partial charge in [0.2, 0.25) is 0 Å². The zero-order chi connectivity index (χ0) is 13.8. The molecule has 0 radical (unpaired) electrons. The normalized spacial score (nSPS) is 12.9. The number of hydrogen-bond acceptors (Lipinski definition) is 6. The van der Waals surface area contributed by atoms with Crippen LogP contribution in [0.15, 0.2) is 41.7 Å². The van der Waals surface area contributed by atoms with Gasteiger partial charge in [0, 0.05) is 12.4 Å². The van der Waals surface area contributed by atoms with Gasteiger partial charge < -0.3 is 14.8 Å². The highest BCUT2D eigenvalue weighted by atomic mass is 16.5. The summed E-state index contributed by atoms with van der Waals surface area (Å²) in [5.41, 5.74) is 0.848. The molecule has 2 aromatic rings. The van der Waals surface area contributed by atoms with Crippen molar-refractivity contribution >= 4 is 11.7 Å². The summed E-state index contributed by atoms with van der Waals surface area (Å²) in [5, 5.41) is 3.12. The van der Waals surface area contributed by atoms with Crippen molar-refractivity contribution in [3.05, 3.63) is 42.4 Å². The van der Waals surface area contributed by atoms with Crippen molar-refractivity contribution in [2.24, 2.45) is 4.99 Å². The molecule has 0 unspecified atom stereocenters. The highest BCUT2D eigenvalue weighted by Gasteiger charge is 2.13. The summed E-state index contributed by atoms with van der Waals surface area (Å²) in [4.78, 5) is 12.8. The van der Waals surface area contributed by atoms with Gasteiger partial charge in [-0.1, -0.05) is 0 Å². The fourth-order valence-corrected chi connectivity index (χ4v) is 1.84. The first-order valence-corrected chi connectivity index (χ1v) is 6.22. The van der Waals surface area contributed by atoms with Gasteiger partial charge in [-0.2, -0.15) is 0 Å². The van der Waals surface area contributed by atoms with Crippen LogP contribution in [0.25, 0.3) is 0 Å². The fraction of sp³-hybridized carbons (Fsp3) is 0.214. The maximum absolute atomic E-state index is 5.66. The third-order valence-corrected chi connectivity index (χ3v) is 2.89. The molecule has 3 rings (SSSR count). The van der Waals surface area contributed by atoms with Crippen LogP contribution in [0.3, 0.4) is 0 Å². The minimum atomic E-state index is 0.363. The summed E-state index contributed by atoms with van der Waals surface area (Å²) in [6.45, 7) is 0.889. The van der Waals surface area contributed by atoms with E-state index in [1.54, 1.807) is 19.5 Å². The minimum Gasteiger partial charge on any atom is -0.497 e. The van der Waals surface area contributed by atoms with E-state index in [9.17, 15) is 0 Å². The molecule has 1 aromatic heterocycles. The summed E-state index contributed by atoms with van der Waals surface area (Å²) in [5.74, 6) is 3.06. The summed E-state index contributed by atoms with van der Waals surface area (Å²) < 4.78 is 10.8. The van der Waals surface area contributed by atoms with E-state index >= 15 is 0 Å². The van der Waals surface area contributed by atoms with Gasteiger partial charge in [0.15, 0.2) is 5.82 Å². The summed E-state index contributed by atoms with van der Waals surface area (Å²) in [7, 11) is 1.63. The SMILES string of the molecule is COc1ccc(OCC2=NCc3nccnc3N2)cc1. The van der Waals surface area contributed by atoms with E-state index in [1.807, 2.05) is 24.3 Å². The average molecular weight is 270 g/mol. The molecule has 0 bridgehead atoms. The van der Waals surface area contributed by atoms with Crippen molar-refractivity contribution in [3.63, 3.8) is 0 Å². The van der Waals surface area contributed by atoms with Crippen LogP contribution in [0.2, 0.25) is 0 Å². The zero-order valence-corrected chi connectivity index (χ0v) is 11.0. The third kappa shape index (κ3) is 2.69. The second kappa shape index (κ2) is 5.56. The topological polar surface area (TPSA) is 68.6 Å². The lowest BCUT2D eigenvalue weighted by molar-refractivity contribution is 0.372. The molecule has 0 atom stereocenters. The number of aliphatic imine (C=N–C) groups is 1. The Bertz CT molecular complexity index is 625. The molecule has 1 N–H and O–H groups in total. The summed E-state index contributed by atoms with van der Waals surface area (Å²) in [6.07, 6.45) is 3.31. The number of anilines is 1. The van der Waals surface area contributed by atoms with E-state index in [1.165, 1.54) is 0 Å². The fourth-order valence-electron chi connectivity index (χ4n) is 1.84. The van der Waals surface area contributed by atoms with Crippen molar-refractivity contribution in [1.82, 2.24) is 9.97 Å². The number of fused-ring (bicyclic) bond motifs is 1. The Hall–Kier alpha value is -2.63. The molecule has 1 aromatic carbocycles. The molecule has 1 aliphatic heterocycles. The van der Waals surface area contributed by atoms with Crippen LogP contribution < -0.4 is 14.8 Å². The minimum absolute atomic E-state index is 0.363. The van der Waals surface area contributed by atoms with Crippen LogP contribution in [0, 0.1) is 0 Å².